The van der Waals surface area contributed by atoms with Gasteiger partial charge in [-0.05, 0) is 78.3 Å². The van der Waals surface area contributed by atoms with Crippen LogP contribution in [0, 0.1) is 19.8 Å². The molecule has 0 amide bonds. The predicted molar refractivity (Wildman–Crippen MR) is 74.8 cm³/mol. The van der Waals surface area contributed by atoms with Gasteiger partial charge in [0.1, 0.15) is 5.75 Å². The Kier molecular flexibility index (Phi) is 4.10. The van der Waals surface area contributed by atoms with Crippen LogP contribution in [-0.2, 0) is 6.42 Å². The smallest absolute Gasteiger partial charge is 0.136 e. The Morgan fingerprint density at radius 1 is 1.47 bits per heavy atom. The third-order valence-corrected chi connectivity index (χ3v) is 4.59. The first-order chi connectivity index (χ1) is 8.13. The number of benzene rings is 1. The second kappa shape index (κ2) is 5.40. The maximum atomic E-state index is 5.42. The maximum absolute atomic E-state index is 5.42. The van der Waals surface area contributed by atoms with Crippen molar-refractivity contribution in [1.82, 2.24) is 5.32 Å². The Hall–Kier alpha value is -0.540. The minimum absolute atomic E-state index is 0.786. The van der Waals surface area contributed by atoms with Crippen molar-refractivity contribution < 1.29 is 4.74 Å². The highest BCUT2D eigenvalue weighted by molar-refractivity contribution is 9.10. The molecule has 17 heavy (non-hydrogen) atoms. The van der Waals surface area contributed by atoms with Crippen LogP contribution in [0.4, 0.5) is 0 Å². The highest BCUT2D eigenvalue weighted by Gasteiger charge is 2.18. The topological polar surface area (TPSA) is 21.3 Å². The fraction of sp³-hybridized carbons (Fsp3) is 0.571. The minimum Gasteiger partial charge on any atom is -0.495 e. The molecule has 2 nitrogen and oxygen atoms in total. The molecule has 0 bridgehead atoms. The fourth-order valence-electron chi connectivity index (χ4n) is 2.58. The molecule has 1 unspecified atom stereocenters. The van der Waals surface area contributed by atoms with Crippen molar-refractivity contribution in [3.63, 3.8) is 0 Å². The van der Waals surface area contributed by atoms with E-state index < -0.39 is 0 Å². The second-order valence-electron chi connectivity index (χ2n) is 4.89. The van der Waals surface area contributed by atoms with Crippen LogP contribution >= 0.6 is 15.9 Å². The monoisotopic (exact) mass is 297 g/mol. The van der Waals surface area contributed by atoms with Gasteiger partial charge in [-0.3, -0.25) is 0 Å². The molecule has 1 aliphatic rings. The largest absolute Gasteiger partial charge is 0.495 e. The summed E-state index contributed by atoms with van der Waals surface area (Å²) in [5.41, 5.74) is 3.98. The Balaban J connectivity index is 2.28. The summed E-state index contributed by atoms with van der Waals surface area (Å²) in [5, 5.41) is 3.43. The standard InChI is InChI=1S/C14H20BrNO/c1-9-6-12(7-11-4-5-16-8-11)10(2)13(15)14(9)17-3/h6,11,16H,4-5,7-8H2,1-3H3. The van der Waals surface area contributed by atoms with E-state index in [2.05, 4.69) is 41.2 Å². The molecule has 1 aromatic carbocycles. The quantitative estimate of drug-likeness (QED) is 0.925. The summed E-state index contributed by atoms with van der Waals surface area (Å²) in [6, 6.07) is 2.28. The van der Waals surface area contributed by atoms with Gasteiger partial charge in [-0.15, -0.1) is 0 Å². The van der Waals surface area contributed by atoms with Gasteiger partial charge >= 0.3 is 0 Å². The third kappa shape index (κ3) is 2.66. The van der Waals surface area contributed by atoms with Crippen molar-refractivity contribution >= 4 is 15.9 Å². The molecule has 1 aliphatic heterocycles. The van der Waals surface area contributed by atoms with E-state index in [-0.39, 0.29) is 0 Å². The van der Waals surface area contributed by atoms with Gasteiger partial charge in [0.25, 0.3) is 0 Å². The maximum Gasteiger partial charge on any atom is 0.136 e. The van der Waals surface area contributed by atoms with Gasteiger partial charge in [-0.25, -0.2) is 0 Å². The van der Waals surface area contributed by atoms with Crippen LogP contribution in [0.5, 0.6) is 5.75 Å². The number of nitrogens with one attached hydrogen (secondary N) is 1. The van der Waals surface area contributed by atoms with Crippen LogP contribution in [0.3, 0.4) is 0 Å². The fourth-order valence-corrected chi connectivity index (χ4v) is 3.31. The Morgan fingerprint density at radius 3 is 2.82 bits per heavy atom. The third-order valence-electron chi connectivity index (χ3n) is 3.63. The number of ether oxygens (including phenoxy) is 1. The highest BCUT2D eigenvalue weighted by atomic mass is 79.9. The normalized spacial score (nSPS) is 19.6. The van der Waals surface area contributed by atoms with E-state index in [0.29, 0.717) is 0 Å². The van der Waals surface area contributed by atoms with Crippen molar-refractivity contribution in [3.05, 3.63) is 27.2 Å². The lowest BCUT2D eigenvalue weighted by Gasteiger charge is -2.16. The molecule has 1 aromatic rings. The van der Waals surface area contributed by atoms with E-state index in [4.69, 9.17) is 4.74 Å². The Bertz CT molecular complexity index is 411. The Morgan fingerprint density at radius 2 is 2.24 bits per heavy atom. The van der Waals surface area contributed by atoms with Crippen molar-refractivity contribution in [2.75, 3.05) is 20.2 Å². The average Bonchev–Trinajstić information content (AvgIpc) is 2.79. The first-order valence-corrected chi connectivity index (χ1v) is 6.96. The van der Waals surface area contributed by atoms with E-state index >= 15 is 0 Å². The molecule has 94 valence electrons. The molecule has 3 heteroatoms. The lowest BCUT2D eigenvalue weighted by Crippen LogP contribution is -2.11. The van der Waals surface area contributed by atoms with Crippen molar-refractivity contribution in [2.45, 2.75) is 26.7 Å². The average molecular weight is 298 g/mol. The van der Waals surface area contributed by atoms with Crippen LogP contribution in [-0.4, -0.2) is 20.2 Å². The number of rotatable bonds is 3. The van der Waals surface area contributed by atoms with Crippen molar-refractivity contribution in [3.8, 4) is 5.75 Å². The molecule has 0 spiro atoms. The molecule has 1 saturated heterocycles. The van der Waals surface area contributed by atoms with Gasteiger partial charge in [0.15, 0.2) is 0 Å². The summed E-state index contributed by atoms with van der Waals surface area (Å²) >= 11 is 3.65. The summed E-state index contributed by atoms with van der Waals surface area (Å²) in [7, 11) is 1.73. The first-order valence-electron chi connectivity index (χ1n) is 6.16. The molecule has 0 radical (unpaired) electrons. The summed E-state index contributed by atoms with van der Waals surface area (Å²) in [6.07, 6.45) is 2.46. The molecule has 1 N–H and O–H groups in total. The van der Waals surface area contributed by atoms with E-state index in [1.54, 1.807) is 7.11 Å². The van der Waals surface area contributed by atoms with Gasteiger partial charge in [-0.2, -0.15) is 0 Å². The summed E-state index contributed by atoms with van der Waals surface area (Å²) in [5.74, 6) is 1.75. The molecule has 1 fully saturated rings. The van der Waals surface area contributed by atoms with Gasteiger partial charge in [0.2, 0.25) is 0 Å². The second-order valence-corrected chi connectivity index (χ2v) is 5.68. The molecule has 0 aliphatic carbocycles. The van der Waals surface area contributed by atoms with Crippen LogP contribution < -0.4 is 10.1 Å². The SMILES string of the molecule is COc1c(C)cc(CC2CCNC2)c(C)c1Br. The Labute approximate surface area is 112 Å². The van der Waals surface area contributed by atoms with Crippen LogP contribution in [0.25, 0.3) is 0 Å². The zero-order valence-electron chi connectivity index (χ0n) is 10.8. The number of hydrogen-bond donors (Lipinski definition) is 1. The van der Waals surface area contributed by atoms with Gasteiger partial charge in [0.05, 0.1) is 11.6 Å². The van der Waals surface area contributed by atoms with Gasteiger partial charge < -0.3 is 10.1 Å². The lowest BCUT2D eigenvalue weighted by molar-refractivity contribution is 0.408. The molecular formula is C14H20BrNO. The minimum atomic E-state index is 0.786. The van der Waals surface area contributed by atoms with Crippen LogP contribution in [0.15, 0.2) is 10.5 Å². The molecule has 1 atom stereocenters. The number of hydrogen-bond acceptors (Lipinski definition) is 2. The molecule has 1 heterocycles. The highest BCUT2D eigenvalue weighted by Crippen LogP contribution is 2.35. The molecule has 2 rings (SSSR count). The van der Waals surface area contributed by atoms with E-state index in [0.717, 1.165) is 22.7 Å². The summed E-state index contributed by atoms with van der Waals surface area (Å²) < 4.78 is 6.53. The molecular weight excluding hydrogens is 278 g/mol. The summed E-state index contributed by atoms with van der Waals surface area (Å²) in [4.78, 5) is 0. The van der Waals surface area contributed by atoms with E-state index in [9.17, 15) is 0 Å². The van der Waals surface area contributed by atoms with Gasteiger partial charge in [-0.1, -0.05) is 6.07 Å². The number of methoxy groups -OCH3 is 1. The van der Waals surface area contributed by atoms with Crippen LogP contribution in [0.1, 0.15) is 23.1 Å². The summed E-state index contributed by atoms with van der Waals surface area (Å²) in [6.45, 7) is 6.60. The zero-order valence-corrected chi connectivity index (χ0v) is 12.4. The first kappa shape index (κ1) is 12.9. The molecule has 0 saturated carbocycles. The van der Waals surface area contributed by atoms with E-state index in [1.165, 1.54) is 36.1 Å². The van der Waals surface area contributed by atoms with Crippen molar-refractivity contribution in [1.29, 1.82) is 0 Å². The predicted octanol–water partition coefficient (Wildman–Crippen LogP) is 3.23. The molecule has 0 aromatic heterocycles. The number of halogens is 1. The zero-order chi connectivity index (χ0) is 12.4. The number of aryl methyl sites for hydroxylation is 1. The van der Waals surface area contributed by atoms with Gasteiger partial charge in [0, 0.05) is 0 Å². The van der Waals surface area contributed by atoms with Crippen molar-refractivity contribution in [2.24, 2.45) is 5.92 Å². The lowest BCUT2D eigenvalue weighted by atomic mass is 9.94. The van der Waals surface area contributed by atoms with Crippen LogP contribution in [0.2, 0.25) is 0 Å². The van der Waals surface area contributed by atoms with E-state index in [1.807, 2.05) is 0 Å².